The van der Waals surface area contributed by atoms with E-state index in [0.717, 1.165) is 6.92 Å². The number of hydrogen-bond acceptors (Lipinski definition) is 4. The van der Waals surface area contributed by atoms with E-state index in [9.17, 15) is 33.2 Å². The van der Waals surface area contributed by atoms with Crippen molar-refractivity contribution in [2.75, 3.05) is 11.9 Å². The van der Waals surface area contributed by atoms with Crippen molar-refractivity contribution < 1.29 is 28.0 Å². The van der Waals surface area contributed by atoms with Crippen molar-refractivity contribution in [3.05, 3.63) is 40.4 Å². The number of amides is 1. The van der Waals surface area contributed by atoms with Crippen LogP contribution in [0.25, 0.3) is 0 Å². The highest BCUT2D eigenvalue weighted by molar-refractivity contribution is 5.97. The molecule has 0 aromatic heterocycles. The highest BCUT2D eigenvalue weighted by Gasteiger charge is 2.58. The van der Waals surface area contributed by atoms with Gasteiger partial charge in [-0.3, -0.25) is 14.9 Å². The first-order chi connectivity index (χ1) is 10.1. The van der Waals surface area contributed by atoms with Crippen LogP contribution < -0.4 is 5.32 Å². The van der Waals surface area contributed by atoms with Crippen LogP contribution in [0.2, 0.25) is 0 Å². The molecular formula is C13H15F3N2O4. The molecule has 0 saturated heterocycles. The molecule has 2 N–H and O–H groups in total. The summed E-state index contributed by atoms with van der Waals surface area (Å²) in [5.74, 6) is -4.13. The summed E-state index contributed by atoms with van der Waals surface area (Å²) in [5.41, 5.74) is -2.75. The predicted octanol–water partition coefficient (Wildman–Crippen LogP) is 2.22. The average molecular weight is 320 g/mol. The molecule has 122 valence electrons. The minimum Gasteiger partial charge on any atom is -0.379 e. The van der Waals surface area contributed by atoms with Crippen molar-refractivity contribution >= 4 is 11.6 Å². The normalized spacial score (nSPS) is 15.7. The molecule has 0 saturated carbocycles. The van der Waals surface area contributed by atoms with Crippen molar-refractivity contribution in [3.8, 4) is 0 Å². The number of anilines is 1. The molecule has 1 aromatic carbocycles. The average Bonchev–Trinajstić information content (AvgIpc) is 2.43. The Morgan fingerprint density at radius 2 is 1.91 bits per heavy atom. The molecule has 9 heteroatoms. The Labute approximate surface area is 124 Å². The lowest BCUT2D eigenvalue weighted by Crippen LogP contribution is -2.56. The topological polar surface area (TPSA) is 92.5 Å². The van der Waals surface area contributed by atoms with Crippen LogP contribution in [-0.4, -0.2) is 34.3 Å². The molecule has 22 heavy (non-hydrogen) atoms. The lowest BCUT2D eigenvalue weighted by molar-refractivity contribution is -0.503. The number of rotatable bonds is 6. The van der Waals surface area contributed by atoms with Crippen LogP contribution in [0.5, 0.6) is 0 Å². The van der Waals surface area contributed by atoms with E-state index in [1.165, 1.54) is 12.1 Å². The van der Waals surface area contributed by atoms with Gasteiger partial charge in [0.1, 0.15) is 0 Å². The first-order valence-electron chi connectivity index (χ1n) is 6.38. The fourth-order valence-electron chi connectivity index (χ4n) is 2.00. The van der Waals surface area contributed by atoms with E-state index in [1.54, 1.807) is 18.2 Å². The molecule has 0 bridgehead atoms. The zero-order valence-electron chi connectivity index (χ0n) is 11.6. The van der Waals surface area contributed by atoms with Gasteiger partial charge in [-0.25, -0.2) is 0 Å². The number of carbonyl (C=O) groups excluding carboxylic acids is 1. The summed E-state index contributed by atoms with van der Waals surface area (Å²) in [5, 5.41) is 22.8. The third-order valence-electron chi connectivity index (χ3n) is 3.27. The third kappa shape index (κ3) is 4.17. The second-order valence-electron chi connectivity index (χ2n) is 4.71. The van der Waals surface area contributed by atoms with E-state index in [2.05, 4.69) is 5.32 Å². The van der Waals surface area contributed by atoms with Crippen LogP contribution in [0.15, 0.2) is 30.3 Å². The molecular weight excluding hydrogens is 305 g/mol. The highest BCUT2D eigenvalue weighted by Crippen LogP contribution is 2.37. The highest BCUT2D eigenvalue weighted by atomic mass is 19.4. The Morgan fingerprint density at radius 3 is 2.32 bits per heavy atom. The van der Waals surface area contributed by atoms with Gasteiger partial charge in [-0.05, 0) is 18.6 Å². The van der Waals surface area contributed by atoms with Crippen LogP contribution in [0.1, 0.15) is 13.3 Å². The molecule has 1 amide bonds. The number of nitrogens with zero attached hydrogens (tertiary/aromatic N) is 1. The summed E-state index contributed by atoms with van der Waals surface area (Å²) in [6.07, 6.45) is -5.71. The number of nitro groups is 1. The SMILES string of the molecule is CCC(O)(C(=O)Nc1ccccc1)C(C[N+](=O)[O-])C(F)(F)F. The summed E-state index contributed by atoms with van der Waals surface area (Å²) >= 11 is 0. The number of para-hydroxylation sites is 1. The number of hydrogen-bond donors (Lipinski definition) is 2. The molecule has 1 rings (SSSR count). The van der Waals surface area contributed by atoms with Gasteiger partial charge in [0.05, 0.1) is 0 Å². The molecule has 0 aliphatic carbocycles. The Balaban J connectivity index is 3.10. The third-order valence-corrected chi connectivity index (χ3v) is 3.27. The molecule has 0 spiro atoms. The van der Waals surface area contributed by atoms with Crippen molar-refractivity contribution in [2.24, 2.45) is 5.92 Å². The van der Waals surface area contributed by atoms with E-state index in [4.69, 9.17) is 0 Å². The van der Waals surface area contributed by atoms with Crippen molar-refractivity contribution in [2.45, 2.75) is 25.1 Å². The molecule has 1 aromatic rings. The van der Waals surface area contributed by atoms with Crippen LogP contribution in [0, 0.1) is 16.0 Å². The summed E-state index contributed by atoms with van der Waals surface area (Å²) in [7, 11) is 0. The van der Waals surface area contributed by atoms with Gasteiger partial charge in [-0.1, -0.05) is 25.1 Å². The maximum atomic E-state index is 13.0. The second kappa shape index (κ2) is 6.73. The minimum absolute atomic E-state index is 0.182. The largest absolute Gasteiger partial charge is 0.401 e. The molecule has 6 nitrogen and oxygen atoms in total. The molecule has 0 radical (unpaired) electrons. The molecule has 0 fully saturated rings. The Hall–Kier alpha value is -2.16. The molecule has 2 unspecified atom stereocenters. The standard InChI is InChI=1S/C13H15F3N2O4/c1-2-12(20,10(8-18(21)22)13(14,15)16)11(19)17-9-6-4-3-5-7-9/h3-7,10,20H,2,8H2,1H3,(H,17,19). The Kier molecular flexibility index (Phi) is 5.48. The fraction of sp³-hybridized carbons (Fsp3) is 0.462. The van der Waals surface area contributed by atoms with Crippen LogP contribution >= 0.6 is 0 Å². The summed E-state index contributed by atoms with van der Waals surface area (Å²) in [6, 6.07) is 7.55. The summed E-state index contributed by atoms with van der Waals surface area (Å²) < 4.78 is 39.1. The number of alkyl halides is 3. The fourth-order valence-corrected chi connectivity index (χ4v) is 2.00. The number of aliphatic hydroxyl groups is 1. The quantitative estimate of drug-likeness (QED) is 0.621. The molecule has 0 aliphatic rings. The smallest absolute Gasteiger partial charge is 0.379 e. The summed E-state index contributed by atoms with van der Waals surface area (Å²) in [4.78, 5) is 21.3. The van der Waals surface area contributed by atoms with Gasteiger partial charge in [-0.15, -0.1) is 0 Å². The number of nitrogens with one attached hydrogen (secondary N) is 1. The minimum atomic E-state index is -5.09. The van der Waals surface area contributed by atoms with E-state index in [0.29, 0.717) is 0 Å². The first kappa shape index (κ1) is 17.9. The number of benzene rings is 1. The van der Waals surface area contributed by atoms with E-state index < -0.39 is 41.5 Å². The van der Waals surface area contributed by atoms with Gasteiger partial charge in [0.2, 0.25) is 6.54 Å². The summed E-state index contributed by atoms with van der Waals surface area (Å²) in [6.45, 7) is -0.431. The maximum absolute atomic E-state index is 13.0. The monoisotopic (exact) mass is 320 g/mol. The van der Waals surface area contributed by atoms with Crippen LogP contribution in [0.3, 0.4) is 0 Å². The number of carbonyl (C=O) groups is 1. The predicted molar refractivity (Wildman–Crippen MR) is 71.7 cm³/mol. The molecule has 0 heterocycles. The van der Waals surface area contributed by atoms with E-state index in [-0.39, 0.29) is 5.69 Å². The van der Waals surface area contributed by atoms with Gasteiger partial charge in [0, 0.05) is 10.6 Å². The molecule has 2 atom stereocenters. The van der Waals surface area contributed by atoms with Crippen LogP contribution in [0.4, 0.5) is 18.9 Å². The van der Waals surface area contributed by atoms with Gasteiger partial charge < -0.3 is 10.4 Å². The number of halogens is 3. The van der Waals surface area contributed by atoms with Crippen molar-refractivity contribution in [1.29, 1.82) is 0 Å². The lowest BCUT2D eigenvalue weighted by Gasteiger charge is -2.32. The van der Waals surface area contributed by atoms with Gasteiger partial charge in [0.15, 0.2) is 11.5 Å². The zero-order valence-corrected chi connectivity index (χ0v) is 11.6. The first-order valence-corrected chi connectivity index (χ1v) is 6.38. The van der Waals surface area contributed by atoms with Gasteiger partial charge in [-0.2, -0.15) is 13.2 Å². The van der Waals surface area contributed by atoms with Crippen molar-refractivity contribution in [3.63, 3.8) is 0 Å². The lowest BCUT2D eigenvalue weighted by atomic mass is 9.83. The van der Waals surface area contributed by atoms with E-state index >= 15 is 0 Å². The zero-order chi connectivity index (χ0) is 17.0. The maximum Gasteiger partial charge on any atom is 0.401 e. The van der Waals surface area contributed by atoms with Crippen LogP contribution in [-0.2, 0) is 4.79 Å². The van der Waals surface area contributed by atoms with Gasteiger partial charge in [0.25, 0.3) is 5.91 Å². The second-order valence-corrected chi connectivity index (χ2v) is 4.71. The Bertz CT molecular complexity index is 536. The molecule has 0 aliphatic heterocycles. The van der Waals surface area contributed by atoms with Crippen molar-refractivity contribution in [1.82, 2.24) is 0 Å². The van der Waals surface area contributed by atoms with Gasteiger partial charge >= 0.3 is 6.18 Å². The van der Waals surface area contributed by atoms with E-state index in [1.807, 2.05) is 0 Å². The Morgan fingerprint density at radius 1 is 1.36 bits per heavy atom.